The molecule has 0 fully saturated rings. The van der Waals surface area contributed by atoms with Crippen LogP contribution in [0.25, 0.3) is 21.8 Å². The molecule has 0 bridgehead atoms. The van der Waals surface area contributed by atoms with Gasteiger partial charge in [0.05, 0.1) is 32.8 Å². The summed E-state index contributed by atoms with van der Waals surface area (Å²) in [6.07, 6.45) is -3.59. The van der Waals surface area contributed by atoms with Crippen LogP contribution >= 0.6 is 23.2 Å². The molecule has 0 radical (unpaired) electrons. The van der Waals surface area contributed by atoms with E-state index in [0.717, 1.165) is 44.7 Å². The van der Waals surface area contributed by atoms with Crippen LogP contribution in [0.1, 0.15) is 16.7 Å². The second kappa shape index (κ2) is 13.6. The predicted molar refractivity (Wildman–Crippen MR) is 182 cm³/mol. The van der Waals surface area contributed by atoms with Gasteiger partial charge in [0.1, 0.15) is 23.0 Å². The number of benzene rings is 5. The van der Waals surface area contributed by atoms with Gasteiger partial charge in [-0.25, -0.2) is 0 Å². The van der Waals surface area contributed by atoms with Crippen molar-refractivity contribution in [2.75, 3.05) is 12.1 Å². The van der Waals surface area contributed by atoms with Crippen LogP contribution in [0.2, 0.25) is 10.0 Å². The number of phenols is 2. The minimum Gasteiger partial charge on any atom is -0.508 e. The minimum absolute atomic E-state index is 0.0258. The number of fused-ring (bicyclic) bond motifs is 3. The largest absolute Gasteiger partial charge is 0.508 e. The number of aromatic hydroxyl groups is 2. The van der Waals surface area contributed by atoms with E-state index in [9.17, 15) is 33.5 Å². The van der Waals surface area contributed by atoms with Gasteiger partial charge in [-0.15, -0.1) is 0 Å². The summed E-state index contributed by atoms with van der Waals surface area (Å²) in [4.78, 5) is 10.2. The molecule has 0 aliphatic heterocycles. The number of phenolic OH excluding ortho intramolecular Hbond substituents is 2. The zero-order chi connectivity index (χ0) is 34.7. The molecule has 6 aromatic rings. The Morgan fingerprint density at radius 2 is 1.50 bits per heavy atom. The van der Waals surface area contributed by atoms with Gasteiger partial charge in [0, 0.05) is 40.0 Å². The lowest BCUT2D eigenvalue weighted by atomic mass is 10.1. The van der Waals surface area contributed by atoms with E-state index in [1.807, 2.05) is 41.0 Å². The second-order valence-electron chi connectivity index (χ2n) is 10.3. The number of nitro benzene ring substituents is 1. The SMILES string of the molecule is CN(/N=C/c1cc(Cl)cc(Cl)c1O)c1ccc(C(F)(F)F)cc1[N+](=O)[O-].N=C(c1ccc(O)cc1)n1c2ccccc2c2ccccc21. The summed E-state index contributed by atoms with van der Waals surface area (Å²) in [7, 11) is 1.30. The summed E-state index contributed by atoms with van der Waals surface area (Å²) in [5.74, 6) is 0.298. The van der Waals surface area contributed by atoms with E-state index in [4.69, 9.17) is 28.6 Å². The Hall–Kier alpha value is -5.59. The number of anilines is 1. The molecule has 0 saturated heterocycles. The summed E-state index contributed by atoms with van der Waals surface area (Å²) in [5, 5.41) is 46.3. The fourth-order valence-electron chi connectivity index (χ4n) is 4.93. The standard InChI is InChI=1S/C19H14N2O.C15H10Cl2F3N3O3/c20-19(13-9-11-14(22)12-10-13)21-17-7-3-1-5-15(17)16-6-2-4-8-18(16)21;1-22(21-7-8-4-10(16)6-11(17)14(8)24)12-3-2-9(15(18,19)20)5-13(12)23(25)26/h1-12,20,22H;2-7,24H,1H3/b;21-7+. The van der Waals surface area contributed by atoms with Crippen molar-refractivity contribution in [2.24, 2.45) is 5.10 Å². The van der Waals surface area contributed by atoms with Gasteiger partial charge in [0.15, 0.2) is 0 Å². The summed E-state index contributed by atoms with van der Waals surface area (Å²) in [6.45, 7) is 0. The molecule has 0 aliphatic rings. The first-order valence-corrected chi connectivity index (χ1v) is 14.7. The Balaban J connectivity index is 0.000000190. The van der Waals surface area contributed by atoms with Gasteiger partial charge in [0.25, 0.3) is 5.69 Å². The zero-order valence-electron chi connectivity index (χ0n) is 24.8. The lowest BCUT2D eigenvalue weighted by Crippen LogP contribution is -2.13. The summed E-state index contributed by atoms with van der Waals surface area (Å²) < 4.78 is 40.2. The lowest BCUT2D eigenvalue weighted by Gasteiger charge is -2.15. The van der Waals surface area contributed by atoms with Gasteiger partial charge in [-0.3, -0.25) is 25.1 Å². The van der Waals surface area contributed by atoms with Crippen molar-refractivity contribution in [1.82, 2.24) is 4.57 Å². The van der Waals surface area contributed by atoms with Crippen molar-refractivity contribution < 1.29 is 28.3 Å². The average molecular weight is 694 g/mol. The fourth-order valence-corrected chi connectivity index (χ4v) is 5.44. The highest BCUT2D eigenvalue weighted by molar-refractivity contribution is 6.36. The van der Waals surface area contributed by atoms with E-state index < -0.39 is 22.4 Å². The van der Waals surface area contributed by atoms with Gasteiger partial charge < -0.3 is 10.2 Å². The third-order valence-electron chi connectivity index (χ3n) is 7.22. The molecule has 244 valence electrons. The number of para-hydroxylation sites is 2. The van der Waals surface area contributed by atoms with Crippen molar-refractivity contribution in [3.05, 3.63) is 140 Å². The van der Waals surface area contributed by atoms with E-state index in [0.29, 0.717) is 18.0 Å². The highest BCUT2D eigenvalue weighted by atomic mass is 35.5. The number of hydrazone groups is 1. The van der Waals surface area contributed by atoms with Crippen LogP contribution < -0.4 is 5.01 Å². The Kier molecular flexibility index (Phi) is 9.59. The quantitative estimate of drug-likeness (QED) is 0.0717. The topological polar surface area (TPSA) is 128 Å². The molecule has 0 amide bonds. The third-order valence-corrected chi connectivity index (χ3v) is 7.73. The molecule has 0 unspecified atom stereocenters. The first-order valence-electron chi connectivity index (χ1n) is 13.9. The molecule has 6 rings (SSSR count). The maximum absolute atomic E-state index is 12.7. The van der Waals surface area contributed by atoms with Gasteiger partial charge in [-0.2, -0.15) is 18.3 Å². The summed E-state index contributed by atoms with van der Waals surface area (Å²) >= 11 is 11.6. The van der Waals surface area contributed by atoms with E-state index in [2.05, 4.69) is 17.2 Å². The van der Waals surface area contributed by atoms with E-state index >= 15 is 0 Å². The van der Waals surface area contributed by atoms with Gasteiger partial charge >= 0.3 is 6.18 Å². The molecular formula is C34H24Cl2F3N5O4. The van der Waals surface area contributed by atoms with Crippen LogP contribution in [0.4, 0.5) is 24.5 Å². The number of nitrogens with one attached hydrogen (secondary N) is 1. The Morgan fingerprint density at radius 3 is 2.06 bits per heavy atom. The number of nitro groups is 1. The van der Waals surface area contributed by atoms with Crippen LogP contribution in [-0.2, 0) is 6.18 Å². The molecule has 48 heavy (non-hydrogen) atoms. The van der Waals surface area contributed by atoms with Crippen molar-refractivity contribution in [3.63, 3.8) is 0 Å². The molecular weight excluding hydrogens is 670 g/mol. The highest BCUT2D eigenvalue weighted by Gasteiger charge is 2.33. The molecule has 0 spiro atoms. The van der Waals surface area contributed by atoms with Crippen LogP contribution in [0.5, 0.6) is 11.5 Å². The first kappa shape index (κ1) is 33.8. The van der Waals surface area contributed by atoms with E-state index in [1.165, 1.54) is 19.2 Å². The smallest absolute Gasteiger partial charge is 0.416 e. The Bertz CT molecular complexity index is 2150. The third kappa shape index (κ3) is 7.04. The van der Waals surface area contributed by atoms with Crippen molar-refractivity contribution in [1.29, 1.82) is 5.41 Å². The highest BCUT2D eigenvalue weighted by Crippen LogP contribution is 2.37. The van der Waals surface area contributed by atoms with Gasteiger partial charge in [-0.05, 0) is 60.7 Å². The number of hydrogen-bond acceptors (Lipinski definition) is 7. The molecule has 0 aliphatic carbocycles. The Labute approximate surface area is 281 Å². The molecule has 14 heteroatoms. The maximum atomic E-state index is 12.7. The average Bonchev–Trinajstić information content (AvgIpc) is 3.39. The van der Waals surface area contributed by atoms with Crippen molar-refractivity contribution in [3.8, 4) is 11.5 Å². The van der Waals surface area contributed by atoms with Crippen LogP contribution in [-0.4, -0.2) is 38.8 Å². The molecule has 0 saturated carbocycles. The monoisotopic (exact) mass is 693 g/mol. The zero-order valence-corrected chi connectivity index (χ0v) is 26.3. The second-order valence-corrected chi connectivity index (χ2v) is 11.2. The van der Waals surface area contributed by atoms with Crippen molar-refractivity contribution in [2.45, 2.75) is 6.18 Å². The number of nitrogens with zero attached hydrogens (tertiary/aromatic N) is 4. The summed E-state index contributed by atoms with van der Waals surface area (Å²) in [5.41, 5.74) is 0.834. The van der Waals surface area contributed by atoms with E-state index in [-0.39, 0.29) is 32.8 Å². The molecule has 1 aromatic heterocycles. The number of aromatic nitrogens is 1. The fraction of sp³-hybridized carbons (Fsp3) is 0.0588. The molecule has 3 N–H and O–H groups in total. The van der Waals surface area contributed by atoms with Crippen LogP contribution in [0.15, 0.2) is 108 Å². The number of hydrogen-bond donors (Lipinski definition) is 3. The molecule has 0 atom stereocenters. The Morgan fingerprint density at radius 1 is 0.917 bits per heavy atom. The van der Waals surface area contributed by atoms with Gasteiger partial charge in [-0.1, -0.05) is 59.6 Å². The minimum atomic E-state index is -4.71. The first-order chi connectivity index (χ1) is 22.8. The van der Waals surface area contributed by atoms with E-state index in [1.54, 1.807) is 24.3 Å². The maximum Gasteiger partial charge on any atom is 0.416 e. The number of halogens is 5. The molecule has 1 heterocycles. The molecule has 9 nitrogen and oxygen atoms in total. The van der Waals surface area contributed by atoms with Crippen LogP contribution in [0.3, 0.4) is 0 Å². The van der Waals surface area contributed by atoms with Gasteiger partial charge in [0.2, 0.25) is 0 Å². The number of rotatable bonds is 5. The summed E-state index contributed by atoms with van der Waals surface area (Å²) in [6, 6.07) is 27.7. The molecule has 5 aromatic carbocycles. The van der Waals surface area contributed by atoms with Crippen molar-refractivity contribution >= 4 is 68.4 Å². The lowest BCUT2D eigenvalue weighted by molar-refractivity contribution is -0.384. The predicted octanol–water partition coefficient (Wildman–Crippen LogP) is 9.47. The number of alkyl halides is 3. The normalized spacial score (nSPS) is 11.5. The van der Waals surface area contributed by atoms with Crippen LogP contribution in [0, 0.1) is 15.5 Å².